The van der Waals surface area contributed by atoms with Crippen molar-refractivity contribution in [1.82, 2.24) is 10.2 Å². The molecule has 2 aliphatic heterocycles. The first kappa shape index (κ1) is 16.0. The fourth-order valence-electron chi connectivity index (χ4n) is 3.43. The number of carbonyl (C=O) groups excluding carboxylic acids is 2. The first-order valence-electron chi connectivity index (χ1n) is 8.62. The lowest BCUT2D eigenvalue weighted by atomic mass is 10.1. The van der Waals surface area contributed by atoms with Gasteiger partial charge in [-0.1, -0.05) is 24.6 Å². The standard InChI is InChI=1S/C18H25N3O2/c22-17(19-10-14-20-11-5-2-6-12-20)16-9-13-21(18(16)23)15-7-3-1-4-8-15/h1,3-4,7-8,16H,2,5-6,9-14H2,(H,19,22)/t16-/m1/s1. The van der Waals surface area contributed by atoms with E-state index in [1.807, 2.05) is 30.3 Å². The molecule has 5 heteroatoms. The Morgan fingerprint density at radius 1 is 1.09 bits per heavy atom. The fourth-order valence-corrected chi connectivity index (χ4v) is 3.43. The molecule has 2 amide bonds. The van der Waals surface area contributed by atoms with Crippen molar-refractivity contribution >= 4 is 17.5 Å². The third-order valence-electron chi connectivity index (χ3n) is 4.77. The van der Waals surface area contributed by atoms with Crippen molar-refractivity contribution in [3.8, 4) is 0 Å². The highest BCUT2D eigenvalue weighted by Crippen LogP contribution is 2.24. The Morgan fingerprint density at radius 2 is 1.83 bits per heavy atom. The highest BCUT2D eigenvalue weighted by Gasteiger charge is 2.37. The van der Waals surface area contributed by atoms with E-state index in [4.69, 9.17) is 0 Å². The minimum absolute atomic E-state index is 0.0772. The molecular weight excluding hydrogens is 290 g/mol. The number of nitrogens with one attached hydrogen (secondary N) is 1. The van der Waals surface area contributed by atoms with Crippen molar-refractivity contribution in [2.75, 3.05) is 37.6 Å². The summed E-state index contributed by atoms with van der Waals surface area (Å²) in [5, 5.41) is 2.95. The number of hydrogen-bond donors (Lipinski definition) is 1. The minimum Gasteiger partial charge on any atom is -0.354 e. The molecule has 1 atom stereocenters. The third kappa shape index (κ3) is 3.91. The zero-order valence-electron chi connectivity index (χ0n) is 13.5. The topological polar surface area (TPSA) is 52.7 Å². The number of anilines is 1. The Labute approximate surface area is 137 Å². The molecule has 2 saturated heterocycles. The summed E-state index contributed by atoms with van der Waals surface area (Å²) in [6.45, 7) is 4.39. The molecular formula is C18H25N3O2. The molecule has 2 heterocycles. The van der Waals surface area contributed by atoms with Gasteiger partial charge in [-0.15, -0.1) is 0 Å². The molecule has 0 aliphatic carbocycles. The van der Waals surface area contributed by atoms with Crippen LogP contribution in [0.5, 0.6) is 0 Å². The maximum atomic E-state index is 12.5. The van der Waals surface area contributed by atoms with Gasteiger partial charge in [0.05, 0.1) is 0 Å². The van der Waals surface area contributed by atoms with Gasteiger partial charge < -0.3 is 15.1 Å². The summed E-state index contributed by atoms with van der Waals surface area (Å²) in [4.78, 5) is 28.9. The SMILES string of the molecule is O=C(NCCN1CCCCC1)[C@H]1CCN(c2ccccc2)C1=O. The fraction of sp³-hybridized carbons (Fsp3) is 0.556. The number of nitrogens with zero attached hydrogens (tertiary/aromatic N) is 2. The quantitative estimate of drug-likeness (QED) is 0.841. The van der Waals surface area contributed by atoms with E-state index in [1.165, 1.54) is 19.3 Å². The van der Waals surface area contributed by atoms with Crippen LogP contribution in [0.2, 0.25) is 0 Å². The molecule has 1 aromatic rings. The minimum atomic E-state index is -0.531. The number of carbonyl (C=O) groups is 2. The van der Waals surface area contributed by atoms with Gasteiger partial charge in [0.15, 0.2) is 0 Å². The maximum absolute atomic E-state index is 12.5. The van der Waals surface area contributed by atoms with Crippen LogP contribution in [0.25, 0.3) is 0 Å². The summed E-state index contributed by atoms with van der Waals surface area (Å²) in [6.07, 6.45) is 4.42. The van der Waals surface area contributed by atoms with Crippen molar-refractivity contribution in [2.24, 2.45) is 5.92 Å². The summed E-state index contributed by atoms with van der Waals surface area (Å²) in [6, 6.07) is 9.57. The molecule has 0 spiro atoms. The summed E-state index contributed by atoms with van der Waals surface area (Å²) in [7, 11) is 0. The van der Waals surface area contributed by atoms with E-state index in [9.17, 15) is 9.59 Å². The number of amides is 2. The lowest BCUT2D eigenvalue weighted by molar-refractivity contribution is -0.132. The Bertz CT molecular complexity index is 540. The van der Waals surface area contributed by atoms with Crippen LogP contribution in [0, 0.1) is 5.92 Å². The second kappa shape index (κ2) is 7.59. The maximum Gasteiger partial charge on any atom is 0.239 e. The highest BCUT2D eigenvalue weighted by atomic mass is 16.2. The van der Waals surface area contributed by atoms with Crippen LogP contribution < -0.4 is 10.2 Å². The third-order valence-corrected chi connectivity index (χ3v) is 4.77. The summed E-state index contributed by atoms with van der Waals surface area (Å²) in [5.74, 6) is -0.728. The van der Waals surface area contributed by atoms with Gasteiger partial charge >= 0.3 is 0 Å². The molecule has 0 aromatic heterocycles. The van der Waals surface area contributed by atoms with Crippen molar-refractivity contribution in [2.45, 2.75) is 25.7 Å². The Hall–Kier alpha value is -1.88. The number of benzene rings is 1. The van der Waals surface area contributed by atoms with Crippen LogP contribution in [-0.2, 0) is 9.59 Å². The van der Waals surface area contributed by atoms with Crippen molar-refractivity contribution in [1.29, 1.82) is 0 Å². The van der Waals surface area contributed by atoms with Gasteiger partial charge in [-0.25, -0.2) is 0 Å². The smallest absolute Gasteiger partial charge is 0.239 e. The lowest BCUT2D eigenvalue weighted by Crippen LogP contribution is -2.41. The number of likely N-dealkylation sites (tertiary alicyclic amines) is 1. The molecule has 0 bridgehead atoms. The Kier molecular flexibility index (Phi) is 5.28. The molecule has 0 unspecified atom stereocenters. The number of para-hydroxylation sites is 1. The van der Waals surface area contributed by atoms with E-state index in [-0.39, 0.29) is 11.8 Å². The molecule has 2 aliphatic rings. The second-order valence-electron chi connectivity index (χ2n) is 6.36. The van der Waals surface area contributed by atoms with E-state index < -0.39 is 5.92 Å². The highest BCUT2D eigenvalue weighted by molar-refractivity contribution is 6.09. The zero-order valence-corrected chi connectivity index (χ0v) is 13.5. The molecule has 5 nitrogen and oxygen atoms in total. The number of rotatable bonds is 5. The molecule has 0 radical (unpaired) electrons. The van der Waals surface area contributed by atoms with Gasteiger partial charge in [0.25, 0.3) is 0 Å². The average molecular weight is 315 g/mol. The lowest BCUT2D eigenvalue weighted by Gasteiger charge is -2.26. The predicted molar refractivity (Wildman–Crippen MR) is 90.2 cm³/mol. The molecule has 23 heavy (non-hydrogen) atoms. The van der Waals surface area contributed by atoms with Crippen LogP contribution >= 0.6 is 0 Å². The Morgan fingerprint density at radius 3 is 2.57 bits per heavy atom. The summed E-state index contributed by atoms with van der Waals surface area (Å²) >= 11 is 0. The van der Waals surface area contributed by atoms with E-state index >= 15 is 0 Å². The van der Waals surface area contributed by atoms with E-state index in [0.29, 0.717) is 19.5 Å². The van der Waals surface area contributed by atoms with Crippen molar-refractivity contribution in [3.63, 3.8) is 0 Å². The Balaban J connectivity index is 1.47. The van der Waals surface area contributed by atoms with Crippen LogP contribution in [0.3, 0.4) is 0 Å². The summed E-state index contributed by atoms with van der Waals surface area (Å²) in [5.41, 5.74) is 0.876. The van der Waals surface area contributed by atoms with Crippen LogP contribution in [-0.4, -0.2) is 49.4 Å². The van der Waals surface area contributed by atoms with Gasteiger partial charge in [0.1, 0.15) is 5.92 Å². The molecule has 2 fully saturated rings. The van der Waals surface area contributed by atoms with Crippen molar-refractivity contribution in [3.05, 3.63) is 30.3 Å². The molecule has 0 saturated carbocycles. The normalized spacial score (nSPS) is 22.3. The second-order valence-corrected chi connectivity index (χ2v) is 6.36. The van der Waals surface area contributed by atoms with Crippen LogP contribution in [0.4, 0.5) is 5.69 Å². The molecule has 3 rings (SSSR count). The number of hydrogen-bond acceptors (Lipinski definition) is 3. The van der Waals surface area contributed by atoms with Gasteiger partial charge in [0.2, 0.25) is 11.8 Å². The van der Waals surface area contributed by atoms with Crippen molar-refractivity contribution < 1.29 is 9.59 Å². The van der Waals surface area contributed by atoms with E-state index in [0.717, 1.165) is 25.3 Å². The predicted octanol–water partition coefficient (Wildman–Crippen LogP) is 1.64. The van der Waals surface area contributed by atoms with Gasteiger partial charge in [0, 0.05) is 25.3 Å². The van der Waals surface area contributed by atoms with E-state index in [1.54, 1.807) is 4.90 Å². The first-order chi connectivity index (χ1) is 11.3. The summed E-state index contributed by atoms with van der Waals surface area (Å²) < 4.78 is 0. The molecule has 1 N–H and O–H groups in total. The first-order valence-corrected chi connectivity index (χ1v) is 8.62. The molecule has 1 aromatic carbocycles. The molecule has 124 valence electrons. The zero-order chi connectivity index (χ0) is 16.1. The average Bonchev–Trinajstić information content (AvgIpc) is 2.98. The van der Waals surface area contributed by atoms with E-state index in [2.05, 4.69) is 10.2 Å². The van der Waals surface area contributed by atoms with Gasteiger partial charge in [-0.2, -0.15) is 0 Å². The van der Waals surface area contributed by atoms with Crippen LogP contribution in [0.1, 0.15) is 25.7 Å². The van der Waals surface area contributed by atoms with Gasteiger partial charge in [-0.05, 0) is 44.5 Å². The number of piperidine rings is 1. The largest absolute Gasteiger partial charge is 0.354 e. The van der Waals surface area contributed by atoms with Crippen LogP contribution in [0.15, 0.2) is 30.3 Å². The monoisotopic (exact) mass is 315 g/mol. The van der Waals surface area contributed by atoms with Gasteiger partial charge in [-0.3, -0.25) is 9.59 Å².